The smallest absolute Gasteiger partial charge is 0.325 e. The molecule has 96 valence electrons. The summed E-state index contributed by atoms with van der Waals surface area (Å²) in [7, 11) is 0. The molecular formula is C9H9F2N5O2. The molecule has 1 atom stereocenters. The van der Waals surface area contributed by atoms with Crippen LogP contribution in [0.2, 0.25) is 0 Å². The van der Waals surface area contributed by atoms with Crippen molar-refractivity contribution in [3.8, 4) is 0 Å². The summed E-state index contributed by atoms with van der Waals surface area (Å²) in [6, 6.07) is 1.98. The molecule has 7 nitrogen and oxygen atoms in total. The summed E-state index contributed by atoms with van der Waals surface area (Å²) in [5.41, 5.74) is 0.166. The van der Waals surface area contributed by atoms with Gasteiger partial charge in [-0.25, -0.2) is 8.78 Å². The Balaban J connectivity index is 2.36. The van der Waals surface area contributed by atoms with Crippen LogP contribution in [0.1, 0.15) is 19.2 Å². The maximum Gasteiger partial charge on any atom is 0.325 e. The Kier molecular flexibility index (Phi) is 3.04. The van der Waals surface area contributed by atoms with Gasteiger partial charge in [0.1, 0.15) is 11.9 Å². The molecule has 2 N–H and O–H groups in total. The van der Waals surface area contributed by atoms with E-state index in [0.29, 0.717) is 0 Å². The van der Waals surface area contributed by atoms with Gasteiger partial charge in [-0.1, -0.05) is 0 Å². The van der Waals surface area contributed by atoms with Crippen LogP contribution < -0.4 is 5.32 Å². The normalized spacial score (nSPS) is 12.9. The van der Waals surface area contributed by atoms with Crippen LogP contribution in [0.4, 0.5) is 14.6 Å². The zero-order valence-electron chi connectivity index (χ0n) is 9.21. The Hall–Kier alpha value is -2.32. The number of rotatable bonds is 4. The molecule has 0 aromatic carbocycles. The highest BCUT2D eigenvalue weighted by Gasteiger charge is 2.18. The molecule has 2 rings (SSSR count). The number of alkyl halides is 2. The first-order valence-electron chi connectivity index (χ1n) is 4.99. The number of aliphatic carboxylic acids is 1. The lowest BCUT2D eigenvalue weighted by molar-refractivity contribution is -0.137. The lowest BCUT2D eigenvalue weighted by atomic mass is 10.3. The quantitative estimate of drug-likeness (QED) is 0.847. The van der Waals surface area contributed by atoms with Crippen LogP contribution in [0.15, 0.2) is 12.1 Å². The van der Waals surface area contributed by atoms with Crippen LogP contribution in [-0.2, 0) is 4.79 Å². The van der Waals surface area contributed by atoms with Gasteiger partial charge in [0.15, 0.2) is 5.65 Å². The molecule has 0 spiro atoms. The average molecular weight is 257 g/mol. The molecule has 0 bridgehead atoms. The number of carbonyl (C=O) groups is 1. The van der Waals surface area contributed by atoms with Crippen molar-refractivity contribution in [2.45, 2.75) is 19.4 Å². The Morgan fingerprint density at radius 2 is 2.17 bits per heavy atom. The van der Waals surface area contributed by atoms with E-state index in [2.05, 4.69) is 20.6 Å². The highest BCUT2D eigenvalue weighted by molar-refractivity contribution is 5.76. The number of hydrogen-bond donors (Lipinski definition) is 2. The van der Waals surface area contributed by atoms with Crippen LogP contribution >= 0.6 is 0 Å². The average Bonchev–Trinajstić information content (AvgIpc) is 2.71. The molecule has 0 radical (unpaired) electrons. The summed E-state index contributed by atoms with van der Waals surface area (Å²) in [5, 5.41) is 21.9. The topological polar surface area (TPSA) is 92.4 Å². The molecule has 0 aliphatic heterocycles. The van der Waals surface area contributed by atoms with Gasteiger partial charge in [-0.05, 0) is 19.1 Å². The van der Waals surface area contributed by atoms with Crippen LogP contribution in [0, 0.1) is 0 Å². The number of carboxylic acids is 1. The fourth-order valence-corrected chi connectivity index (χ4v) is 1.30. The number of halogens is 2. The maximum absolute atomic E-state index is 12.6. The number of aromatic nitrogens is 4. The van der Waals surface area contributed by atoms with Gasteiger partial charge >= 0.3 is 5.97 Å². The van der Waals surface area contributed by atoms with Crippen molar-refractivity contribution in [3.63, 3.8) is 0 Å². The lowest BCUT2D eigenvalue weighted by Gasteiger charge is -2.09. The van der Waals surface area contributed by atoms with Gasteiger partial charge < -0.3 is 10.4 Å². The van der Waals surface area contributed by atoms with Crippen molar-refractivity contribution < 1.29 is 18.7 Å². The van der Waals surface area contributed by atoms with Crippen molar-refractivity contribution in [1.82, 2.24) is 19.8 Å². The van der Waals surface area contributed by atoms with Crippen molar-refractivity contribution >= 4 is 17.4 Å². The second kappa shape index (κ2) is 4.51. The second-order valence-corrected chi connectivity index (χ2v) is 3.55. The first-order valence-corrected chi connectivity index (χ1v) is 4.99. The number of carboxylic acid groups (broad SMARTS) is 1. The minimum atomic E-state index is -2.81. The Morgan fingerprint density at radius 3 is 2.78 bits per heavy atom. The molecule has 0 fully saturated rings. The van der Waals surface area contributed by atoms with E-state index in [4.69, 9.17) is 5.11 Å². The van der Waals surface area contributed by atoms with E-state index in [1.165, 1.54) is 19.1 Å². The van der Waals surface area contributed by atoms with Gasteiger partial charge in [0.05, 0.1) is 0 Å². The van der Waals surface area contributed by atoms with Crippen LogP contribution in [0.3, 0.4) is 0 Å². The molecule has 18 heavy (non-hydrogen) atoms. The van der Waals surface area contributed by atoms with E-state index < -0.39 is 24.3 Å². The number of fused-ring (bicyclic) bond motifs is 1. The number of anilines is 1. The van der Waals surface area contributed by atoms with Crippen molar-refractivity contribution in [2.24, 2.45) is 0 Å². The molecule has 0 amide bonds. The lowest BCUT2D eigenvalue weighted by Crippen LogP contribution is -2.26. The minimum Gasteiger partial charge on any atom is -0.480 e. The number of nitrogens with one attached hydrogen (secondary N) is 1. The van der Waals surface area contributed by atoms with E-state index >= 15 is 0 Å². The van der Waals surface area contributed by atoms with Crippen molar-refractivity contribution in [3.05, 3.63) is 18.0 Å². The van der Waals surface area contributed by atoms with Gasteiger partial charge in [0, 0.05) is 0 Å². The third-order valence-corrected chi connectivity index (χ3v) is 2.22. The molecule has 2 aromatic rings. The van der Waals surface area contributed by atoms with E-state index in [-0.39, 0.29) is 11.5 Å². The Bertz CT molecular complexity index is 585. The van der Waals surface area contributed by atoms with Crippen LogP contribution in [0.25, 0.3) is 5.65 Å². The largest absolute Gasteiger partial charge is 0.480 e. The van der Waals surface area contributed by atoms with E-state index in [0.717, 1.165) is 4.52 Å². The molecule has 0 aliphatic rings. The Morgan fingerprint density at radius 1 is 1.44 bits per heavy atom. The SMILES string of the molecule is C[C@@H](Nc1ccc2nnc(C(F)F)n2n1)C(=O)O. The second-order valence-electron chi connectivity index (χ2n) is 3.55. The predicted molar refractivity (Wildman–Crippen MR) is 56.5 cm³/mol. The molecule has 0 saturated heterocycles. The van der Waals surface area contributed by atoms with E-state index in [1.54, 1.807) is 0 Å². The third kappa shape index (κ3) is 2.19. The maximum atomic E-state index is 12.6. The zero-order valence-corrected chi connectivity index (χ0v) is 9.21. The highest BCUT2D eigenvalue weighted by atomic mass is 19.3. The molecule has 0 saturated carbocycles. The number of hydrogen-bond acceptors (Lipinski definition) is 5. The van der Waals surface area contributed by atoms with Crippen molar-refractivity contribution in [1.29, 1.82) is 0 Å². The first kappa shape index (κ1) is 12.1. The summed E-state index contributed by atoms with van der Waals surface area (Å²) in [5.74, 6) is -1.51. The fraction of sp³-hybridized carbons (Fsp3) is 0.333. The molecule has 0 unspecified atom stereocenters. The van der Waals surface area contributed by atoms with Gasteiger partial charge in [0.25, 0.3) is 6.43 Å². The molecular weight excluding hydrogens is 248 g/mol. The minimum absolute atomic E-state index is 0.152. The van der Waals surface area contributed by atoms with Gasteiger partial charge in [-0.3, -0.25) is 4.79 Å². The molecule has 2 heterocycles. The van der Waals surface area contributed by atoms with E-state index in [1.807, 2.05) is 0 Å². The van der Waals surface area contributed by atoms with E-state index in [9.17, 15) is 13.6 Å². The standard InChI is InChI=1S/C9H9F2N5O2/c1-4(9(17)18)12-5-2-3-6-13-14-8(7(10)11)16(6)15-5/h2-4,7H,1H3,(H,12,15)(H,17,18)/t4-/m1/s1. The third-order valence-electron chi connectivity index (χ3n) is 2.22. The summed E-state index contributed by atoms with van der Waals surface area (Å²) in [6.45, 7) is 1.41. The monoisotopic (exact) mass is 257 g/mol. The van der Waals surface area contributed by atoms with Crippen LogP contribution in [0.5, 0.6) is 0 Å². The summed E-state index contributed by atoms with van der Waals surface area (Å²) < 4.78 is 26.0. The highest BCUT2D eigenvalue weighted by Crippen LogP contribution is 2.17. The molecule has 0 aliphatic carbocycles. The molecule has 9 heteroatoms. The predicted octanol–water partition coefficient (Wildman–Crippen LogP) is 0.947. The first-order chi connectivity index (χ1) is 8.49. The van der Waals surface area contributed by atoms with Gasteiger partial charge in [-0.15, -0.1) is 15.3 Å². The summed E-state index contributed by atoms with van der Waals surface area (Å²) in [4.78, 5) is 10.7. The van der Waals surface area contributed by atoms with Gasteiger partial charge in [0.2, 0.25) is 5.82 Å². The number of nitrogens with zero attached hydrogens (tertiary/aromatic N) is 4. The zero-order chi connectivity index (χ0) is 13.3. The fourth-order valence-electron chi connectivity index (χ4n) is 1.30. The summed E-state index contributed by atoms with van der Waals surface area (Å²) >= 11 is 0. The Labute approximate surface area is 99.4 Å². The van der Waals surface area contributed by atoms with Gasteiger partial charge in [-0.2, -0.15) is 4.52 Å². The van der Waals surface area contributed by atoms with Crippen LogP contribution in [-0.4, -0.2) is 36.9 Å². The van der Waals surface area contributed by atoms with Crippen molar-refractivity contribution in [2.75, 3.05) is 5.32 Å². The summed E-state index contributed by atoms with van der Waals surface area (Å²) in [6.07, 6.45) is -2.81. The molecule has 2 aromatic heterocycles.